The van der Waals surface area contributed by atoms with Crippen LogP contribution in [0.4, 0.5) is 0 Å². The first kappa shape index (κ1) is 17.9. The summed E-state index contributed by atoms with van der Waals surface area (Å²) in [5, 5.41) is 12.0. The van der Waals surface area contributed by atoms with Gasteiger partial charge in [-0.15, -0.1) is 0 Å². The Morgan fingerprint density at radius 2 is 1.48 bits per heavy atom. The van der Waals surface area contributed by atoms with Crippen LogP contribution in [0.5, 0.6) is 0 Å². The molecule has 0 fully saturated rings. The average molecular weight is 355 g/mol. The Kier molecular flexibility index (Phi) is 5.13. The Hall–Kier alpha value is -1.88. The second-order valence-corrected chi connectivity index (χ2v) is 11.7. The fraction of sp³-hybridized carbons (Fsp3) is 0.333. The molecular weight excluding hydrogens is 328 g/mol. The van der Waals surface area contributed by atoms with Crippen LogP contribution in [0.15, 0.2) is 73.0 Å². The van der Waals surface area contributed by atoms with E-state index in [2.05, 4.69) is 69.3 Å². The van der Waals surface area contributed by atoms with E-state index in [4.69, 9.17) is 9.16 Å². The molecule has 2 atom stereocenters. The Morgan fingerprint density at radius 3 is 1.92 bits per heavy atom. The molecule has 0 radical (unpaired) electrons. The standard InChI is InChI=1S/C21H26O3Si/c1-21(2,3)25(17-10-6-4-7-11-17,18-12-8-5-9-13-18)24-19-14-15-23-20(19)16-22/h4-15,19-20,22H,16H2,1-3H3/t19-,20-/m1/s1. The van der Waals surface area contributed by atoms with Crippen molar-refractivity contribution in [2.24, 2.45) is 0 Å². The quantitative estimate of drug-likeness (QED) is 0.839. The van der Waals surface area contributed by atoms with Crippen LogP contribution < -0.4 is 10.4 Å². The number of benzene rings is 2. The predicted molar refractivity (Wildman–Crippen MR) is 104 cm³/mol. The highest BCUT2D eigenvalue weighted by molar-refractivity contribution is 6.99. The largest absolute Gasteiger partial charge is 0.493 e. The van der Waals surface area contributed by atoms with Gasteiger partial charge >= 0.3 is 0 Å². The van der Waals surface area contributed by atoms with Crippen LogP contribution >= 0.6 is 0 Å². The van der Waals surface area contributed by atoms with Crippen molar-refractivity contribution in [2.75, 3.05) is 6.61 Å². The van der Waals surface area contributed by atoms with E-state index in [0.717, 1.165) is 0 Å². The lowest BCUT2D eigenvalue weighted by Gasteiger charge is -2.44. The van der Waals surface area contributed by atoms with Gasteiger partial charge in [-0.1, -0.05) is 81.4 Å². The van der Waals surface area contributed by atoms with E-state index in [0.29, 0.717) is 0 Å². The first-order chi connectivity index (χ1) is 12.0. The fourth-order valence-electron chi connectivity index (χ4n) is 3.58. The van der Waals surface area contributed by atoms with Gasteiger partial charge in [0.05, 0.1) is 12.9 Å². The summed E-state index contributed by atoms with van der Waals surface area (Å²) in [5.41, 5.74) is 0. The van der Waals surface area contributed by atoms with Gasteiger partial charge in [-0.25, -0.2) is 0 Å². The minimum absolute atomic E-state index is 0.0597. The van der Waals surface area contributed by atoms with Crippen molar-refractivity contribution in [3.8, 4) is 0 Å². The van der Waals surface area contributed by atoms with Crippen molar-refractivity contribution >= 4 is 18.7 Å². The first-order valence-electron chi connectivity index (χ1n) is 8.71. The lowest BCUT2D eigenvalue weighted by atomic mass is 10.2. The molecule has 0 unspecified atom stereocenters. The number of aliphatic hydroxyl groups is 1. The Balaban J connectivity index is 2.17. The van der Waals surface area contributed by atoms with Crippen LogP contribution in [-0.2, 0) is 9.16 Å². The van der Waals surface area contributed by atoms with E-state index in [9.17, 15) is 5.11 Å². The highest BCUT2D eigenvalue weighted by Gasteiger charge is 2.52. The van der Waals surface area contributed by atoms with Gasteiger partial charge in [-0.2, -0.15) is 0 Å². The minimum atomic E-state index is -2.61. The van der Waals surface area contributed by atoms with Crippen molar-refractivity contribution in [1.29, 1.82) is 0 Å². The average Bonchev–Trinajstić information content (AvgIpc) is 3.07. The molecule has 1 aliphatic rings. The van der Waals surface area contributed by atoms with Gasteiger partial charge in [0.15, 0.2) is 0 Å². The van der Waals surface area contributed by atoms with Gasteiger partial charge < -0.3 is 14.3 Å². The lowest BCUT2D eigenvalue weighted by Crippen LogP contribution is -2.68. The second kappa shape index (κ2) is 7.16. The zero-order valence-corrected chi connectivity index (χ0v) is 16.1. The third-order valence-electron chi connectivity index (χ3n) is 4.80. The highest BCUT2D eigenvalue weighted by Crippen LogP contribution is 2.38. The van der Waals surface area contributed by atoms with Crippen LogP contribution in [0.2, 0.25) is 5.04 Å². The van der Waals surface area contributed by atoms with Gasteiger partial charge in [0, 0.05) is 0 Å². The van der Waals surface area contributed by atoms with E-state index >= 15 is 0 Å². The topological polar surface area (TPSA) is 38.7 Å². The van der Waals surface area contributed by atoms with Crippen LogP contribution in [0.3, 0.4) is 0 Å². The Bertz CT molecular complexity index is 667. The van der Waals surface area contributed by atoms with Gasteiger partial charge in [0.25, 0.3) is 8.32 Å². The summed E-state index contributed by atoms with van der Waals surface area (Å²) in [7, 11) is -2.61. The molecule has 132 valence electrons. The van der Waals surface area contributed by atoms with Crippen LogP contribution in [0.1, 0.15) is 20.8 Å². The zero-order chi connectivity index (χ0) is 17.9. The second-order valence-electron chi connectivity index (χ2n) is 7.43. The van der Waals surface area contributed by atoms with Gasteiger partial charge in [0.1, 0.15) is 12.2 Å². The summed E-state index contributed by atoms with van der Waals surface area (Å²) < 4.78 is 12.4. The molecule has 1 N–H and O–H groups in total. The molecule has 4 heteroatoms. The number of aliphatic hydroxyl groups excluding tert-OH is 1. The Morgan fingerprint density at radius 1 is 0.960 bits per heavy atom. The molecule has 0 aromatic heterocycles. The summed E-state index contributed by atoms with van der Waals surface area (Å²) in [5.74, 6) is 0. The van der Waals surface area contributed by atoms with Crippen molar-refractivity contribution in [3.63, 3.8) is 0 Å². The molecule has 0 amide bonds. The summed E-state index contributed by atoms with van der Waals surface area (Å²) in [4.78, 5) is 0. The molecule has 1 aliphatic heterocycles. The maximum absolute atomic E-state index is 9.65. The number of hydrogen-bond donors (Lipinski definition) is 1. The van der Waals surface area contributed by atoms with Crippen molar-refractivity contribution < 1.29 is 14.3 Å². The summed E-state index contributed by atoms with van der Waals surface area (Å²) in [6, 6.07) is 21.0. The minimum Gasteiger partial charge on any atom is -0.493 e. The maximum atomic E-state index is 9.65. The molecule has 0 saturated heterocycles. The third kappa shape index (κ3) is 3.30. The van der Waals surface area contributed by atoms with Gasteiger partial charge in [0.2, 0.25) is 0 Å². The molecule has 0 aliphatic carbocycles. The lowest BCUT2D eigenvalue weighted by molar-refractivity contribution is 0.0282. The summed E-state index contributed by atoms with van der Waals surface area (Å²) in [6.45, 7) is 6.67. The van der Waals surface area contributed by atoms with Gasteiger partial charge in [-0.3, -0.25) is 0 Å². The fourth-order valence-corrected chi connectivity index (χ4v) is 8.24. The van der Waals surface area contributed by atoms with E-state index in [-0.39, 0.29) is 23.9 Å². The van der Waals surface area contributed by atoms with E-state index in [1.165, 1.54) is 10.4 Å². The molecule has 0 saturated carbocycles. The van der Waals surface area contributed by atoms with Crippen LogP contribution in [-0.4, -0.2) is 32.2 Å². The predicted octanol–water partition coefficient (Wildman–Crippen LogP) is 2.84. The molecule has 3 nitrogen and oxygen atoms in total. The van der Waals surface area contributed by atoms with Crippen LogP contribution in [0.25, 0.3) is 0 Å². The summed E-state index contributed by atoms with van der Waals surface area (Å²) >= 11 is 0. The van der Waals surface area contributed by atoms with Crippen molar-refractivity contribution in [3.05, 3.63) is 73.0 Å². The van der Waals surface area contributed by atoms with Crippen molar-refractivity contribution in [2.45, 2.75) is 38.0 Å². The van der Waals surface area contributed by atoms with E-state index in [1.807, 2.05) is 18.2 Å². The zero-order valence-electron chi connectivity index (χ0n) is 15.1. The smallest absolute Gasteiger partial charge is 0.262 e. The number of hydrogen-bond acceptors (Lipinski definition) is 3. The molecule has 2 aromatic carbocycles. The molecule has 25 heavy (non-hydrogen) atoms. The van der Waals surface area contributed by atoms with E-state index in [1.54, 1.807) is 6.26 Å². The monoisotopic (exact) mass is 354 g/mol. The highest BCUT2D eigenvalue weighted by atomic mass is 28.4. The molecular formula is C21H26O3Si. The first-order valence-corrected chi connectivity index (χ1v) is 10.6. The SMILES string of the molecule is CC(C)(C)[Si](O[C@@H]1C=CO[C@@H]1CO)(c1ccccc1)c1ccccc1. The number of rotatable bonds is 5. The van der Waals surface area contributed by atoms with E-state index < -0.39 is 8.32 Å². The van der Waals surface area contributed by atoms with Crippen molar-refractivity contribution in [1.82, 2.24) is 0 Å². The normalized spacial score (nSPS) is 20.5. The summed E-state index contributed by atoms with van der Waals surface area (Å²) in [6.07, 6.45) is 2.96. The third-order valence-corrected chi connectivity index (χ3v) is 9.83. The van der Waals surface area contributed by atoms with Gasteiger partial charge in [-0.05, 0) is 21.5 Å². The molecule has 0 bridgehead atoms. The maximum Gasteiger partial charge on any atom is 0.262 e. The molecule has 1 heterocycles. The molecule has 3 rings (SSSR count). The Labute approximate surface area is 151 Å². The molecule has 2 aromatic rings. The molecule has 0 spiro atoms. The number of ether oxygens (including phenoxy) is 1. The van der Waals surface area contributed by atoms with Crippen LogP contribution in [0, 0.1) is 0 Å².